The van der Waals surface area contributed by atoms with Crippen LogP contribution in [0.1, 0.15) is 16.7 Å². The molecule has 0 unspecified atom stereocenters. The van der Waals surface area contributed by atoms with Gasteiger partial charge in [0.1, 0.15) is 16.3 Å². The Kier molecular flexibility index (Phi) is 8.86. The number of hydrogen-bond acceptors (Lipinski definition) is 10. The quantitative estimate of drug-likeness (QED) is 0.0798. The fourth-order valence-corrected chi connectivity index (χ4v) is 7.42. The molecule has 0 aromatic heterocycles. The minimum absolute atomic E-state index is 0.00624. The molecule has 12 nitrogen and oxygen atoms in total. The first-order chi connectivity index (χ1) is 23.6. The van der Waals surface area contributed by atoms with Crippen molar-refractivity contribution in [3.8, 4) is 5.75 Å². The molecule has 6 aromatic carbocycles. The average molecular weight is 709 g/mol. The van der Waals surface area contributed by atoms with Gasteiger partial charge in [0.05, 0.1) is 33.0 Å². The molecule has 0 aliphatic heterocycles. The van der Waals surface area contributed by atoms with Gasteiger partial charge in [-0.2, -0.15) is 18.6 Å². The predicted octanol–water partition coefficient (Wildman–Crippen LogP) is 9.11. The number of rotatable bonds is 8. The maximum Gasteiger partial charge on any atom is 0.296 e. The summed E-state index contributed by atoms with van der Waals surface area (Å²) in [7, 11) is -7.42. The van der Waals surface area contributed by atoms with Crippen LogP contribution in [0.4, 0.5) is 34.1 Å². The van der Waals surface area contributed by atoms with Crippen LogP contribution in [0.3, 0.4) is 0 Å². The van der Waals surface area contributed by atoms with E-state index in [1.807, 2.05) is 50.2 Å². The Bertz CT molecular complexity index is 2590. The summed E-state index contributed by atoms with van der Waals surface area (Å²) in [4.78, 5) is -0.725. The van der Waals surface area contributed by atoms with Crippen LogP contribution in [0.5, 0.6) is 5.75 Å². The van der Waals surface area contributed by atoms with Crippen molar-refractivity contribution < 1.29 is 26.5 Å². The number of phenols is 1. The van der Waals surface area contributed by atoms with Gasteiger partial charge in [0.15, 0.2) is 5.75 Å². The fourth-order valence-electron chi connectivity index (χ4n) is 5.55. The van der Waals surface area contributed by atoms with Gasteiger partial charge in [-0.25, -0.2) is 8.42 Å². The predicted molar refractivity (Wildman–Crippen MR) is 195 cm³/mol. The lowest BCUT2D eigenvalue weighted by Gasteiger charge is -2.21. The van der Waals surface area contributed by atoms with Crippen molar-refractivity contribution in [1.29, 1.82) is 0 Å². The van der Waals surface area contributed by atoms with Crippen molar-refractivity contribution in [2.75, 3.05) is 17.1 Å². The number of nitrogen functional groups attached to an aromatic ring is 1. The normalized spacial score (nSPS) is 12.4. The number of anilines is 2. The number of azo groups is 2. The van der Waals surface area contributed by atoms with Crippen LogP contribution in [0.25, 0.3) is 21.5 Å². The van der Waals surface area contributed by atoms with Gasteiger partial charge >= 0.3 is 0 Å². The third-order valence-corrected chi connectivity index (χ3v) is 10.9. The van der Waals surface area contributed by atoms with E-state index in [1.165, 1.54) is 35.6 Å². The number of fused-ring (bicyclic) bond motifs is 2. The number of aromatic hydroxyl groups is 1. The Hall–Kier alpha value is -5.70. The number of phenolic OH excluding ortho intramolecular Hbond substituents is 1. The zero-order valence-corrected chi connectivity index (χ0v) is 29.0. The van der Waals surface area contributed by atoms with E-state index < -0.39 is 36.5 Å². The van der Waals surface area contributed by atoms with Gasteiger partial charge in [-0.3, -0.25) is 8.86 Å². The Morgan fingerprint density at radius 2 is 1.28 bits per heavy atom. The molecule has 0 aliphatic rings. The van der Waals surface area contributed by atoms with Gasteiger partial charge in [0.2, 0.25) is 0 Å². The molecule has 0 fully saturated rings. The summed E-state index contributed by atoms with van der Waals surface area (Å²) in [5.41, 5.74) is 9.92. The van der Waals surface area contributed by atoms with E-state index in [-0.39, 0.29) is 32.7 Å². The molecule has 0 atom stereocenters. The topological polar surface area (TPSA) is 187 Å². The van der Waals surface area contributed by atoms with E-state index in [0.717, 1.165) is 28.0 Å². The fraction of sp³-hybridized carbons (Fsp3) is 0.111. The summed E-state index contributed by atoms with van der Waals surface area (Å²) in [6.07, 6.45) is 0. The van der Waals surface area contributed by atoms with Crippen LogP contribution in [0, 0.1) is 20.8 Å². The molecule has 0 saturated heterocycles. The van der Waals surface area contributed by atoms with Crippen molar-refractivity contribution in [1.82, 2.24) is 0 Å². The number of nitrogens with two attached hydrogens (primary N) is 1. The van der Waals surface area contributed by atoms with Crippen LogP contribution in [0.15, 0.2) is 127 Å². The van der Waals surface area contributed by atoms with Crippen molar-refractivity contribution in [3.63, 3.8) is 0 Å². The van der Waals surface area contributed by atoms with Crippen LogP contribution in [-0.4, -0.2) is 33.5 Å². The Labute approximate surface area is 289 Å². The highest BCUT2D eigenvalue weighted by molar-refractivity contribution is 7.92. The van der Waals surface area contributed by atoms with Crippen LogP contribution >= 0.6 is 0 Å². The van der Waals surface area contributed by atoms with Gasteiger partial charge in [-0.1, -0.05) is 47.5 Å². The zero-order valence-electron chi connectivity index (χ0n) is 27.4. The highest BCUT2D eigenvalue weighted by atomic mass is 32.2. The standard InChI is InChI=1S/C36H32N6O6S2/c1-21-9-12-26(13-10-21)38-40-34-23(3)19-25-20-31(50(46,47)48)35(36(43)32(25)33(34)37)41-39-27-14-16-28(17-15-27)49(44,45)42(4)30-7-5-6-24-11-8-22(2)18-29(24)30/h5-20,43H,37H2,1-4H3,(H,46,47,48). The summed E-state index contributed by atoms with van der Waals surface area (Å²) < 4.78 is 63.3. The third kappa shape index (κ3) is 6.51. The maximum absolute atomic E-state index is 13.6. The lowest BCUT2D eigenvalue weighted by molar-refractivity contribution is 0.472. The first-order valence-electron chi connectivity index (χ1n) is 15.2. The molecule has 0 saturated carbocycles. The molecule has 0 spiro atoms. The largest absolute Gasteiger partial charge is 0.505 e. The lowest BCUT2D eigenvalue weighted by Crippen LogP contribution is -2.26. The van der Waals surface area contributed by atoms with E-state index in [1.54, 1.807) is 37.3 Å². The van der Waals surface area contributed by atoms with Gasteiger partial charge in [0, 0.05) is 12.4 Å². The van der Waals surface area contributed by atoms with Gasteiger partial charge in [0.25, 0.3) is 20.1 Å². The van der Waals surface area contributed by atoms with E-state index in [0.29, 0.717) is 16.9 Å². The molecule has 0 bridgehead atoms. The molecule has 0 amide bonds. The van der Waals surface area contributed by atoms with E-state index >= 15 is 0 Å². The molecule has 14 heteroatoms. The summed E-state index contributed by atoms with van der Waals surface area (Å²) in [6, 6.07) is 26.7. The SMILES string of the molecule is Cc1ccc(N=Nc2c(C)cc3cc(S(=O)(=O)O)c(N=Nc4ccc(S(=O)(=O)N(C)c5cccc6ccc(C)cc56)cc4)c(O)c3c2N)cc1. The van der Waals surface area contributed by atoms with Gasteiger partial charge < -0.3 is 10.8 Å². The monoisotopic (exact) mass is 708 g/mol. The average Bonchev–Trinajstić information content (AvgIpc) is 3.07. The molecular weight excluding hydrogens is 677 g/mol. The highest BCUT2D eigenvalue weighted by Gasteiger charge is 2.26. The smallest absolute Gasteiger partial charge is 0.296 e. The number of nitrogens with zero attached hydrogens (tertiary/aromatic N) is 5. The number of aryl methyl sites for hydroxylation is 3. The van der Waals surface area contributed by atoms with E-state index in [9.17, 15) is 26.5 Å². The Morgan fingerprint density at radius 1 is 0.680 bits per heavy atom. The van der Waals surface area contributed by atoms with Crippen molar-refractivity contribution >= 4 is 75.8 Å². The van der Waals surface area contributed by atoms with Crippen LogP contribution < -0.4 is 10.0 Å². The van der Waals surface area contributed by atoms with Crippen molar-refractivity contribution in [2.24, 2.45) is 20.5 Å². The molecule has 0 heterocycles. The molecule has 0 aliphatic carbocycles. The summed E-state index contributed by atoms with van der Waals surface area (Å²) in [5, 5.41) is 29.8. The zero-order chi connectivity index (χ0) is 36.0. The van der Waals surface area contributed by atoms with Crippen molar-refractivity contribution in [3.05, 3.63) is 114 Å². The first kappa shape index (κ1) is 34.2. The molecular formula is C36H32N6O6S2. The molecule has 4 N–H and O–H groups in total. The highest BCUT2D eigenvalue weighted by Crippen LogP contribution is 2.47. The second kappa shape index (κ2) is 13.0. The summed E-state index contributed by atoms with van der Waals surface area (Å²) in [5.74, 6) is -0.658. The Balaban J connectivity index is 1.36. The minimum Gasteiger partial charge on any atom is -0.505 e. The third-order valence-electron chi connectivity index (χ3n) is 8.23. The first-order valence-corrected chi connectivity index (χ1v) is 18.1. The number of sulfonamides is 1. The molecule has 6 rings (SSSR count). The summed E-state index contributed by atoms with van der Waals surface area (Å²) >= 11 is 0. The summed E-state index contributed by atoms with van der Waals surface area (Å²) in [6.45, 7) is 5.57. The molecule has 6 aromatic rings. The number of hydrogen-bond donors (Lipinski definition) is 3. The minimum atomic E-state index is -4.90. The number of benzene rings is 6. The second-order valence-electron chi connectivity index (χ2n) is 11.8. The van der Waals surface area contributed by atoms with Crippen molar-refractivity contribution in [2.45, 2.75) is 30.6 Å². The van der Waals surface area contributed by atoms with Crippen LogP contribution in [0.2, 0.25) is 0 Å². The van der Waals surface area contributed by atoms with E-state index in [4.69, 9.17) is 5.73 Å². The van der Waals surface area contributed by atoms with Gasteiger partial charge in [-0.15, -0.1) is 10.2 Å². The molecule has 0 radical (unpaired) electrons. The Morgan fingerprint density at radius 3 is 1.92 bits per heavy atom. The maximum atomic E-state index is 13.6. The lowest BCUT2D eigenvalue weighted by atomic mass is 10.0. The molecule has 50 heavy (non-hydrogen) atoms. The van der Waals surface area contributed by atoms with Crippen LogP contribution in [-0.2, 0) is 20.1 Å². The second-order valence-corrected chi connectivity index (χ2v) is 15.2. The van der Waals surface area contributed by atoms with E-state index in [2.05, 4.69) is 20.5 Å². The molecule has 254 valence electrons. The van der Waals surface area contributed by atoms with Gasteiger partial charge in [-0.05, 0) is 97.8 Å².